The number of carbonyl (C=O) groups is 1. The van der Waals surface area contributed by atoms with Gasteiger partial charge in [0.1, 0.15) is 5.15 Å². The van der Waals surface area contributed by atoms with Crippen molar-refractivity contribution in [3.8, 4) is 0 Å². The second-order valence-corrected chi connectivity index (χ2v) is 6.63. The Kier molecular flexibility index (Phi) is 4.20. The lowest BCUT2D eigenvalue weighted by atomic mass is 10.0. The highest BCUT2D eigenvalue weighted by molar-refractivity contribution is 6.36. The molecule has 3 nitrogen and oxygen atoms in total. The van der Waals surface area contributed by atoms with Crippen LogP contribution in [0.5, 0.6) is 0 Å². The SMILES string of the molecule is O=C1Nc2ccc(CCCl)cc2C1=Cc1cc2ccccc2nc1Cl. The van der Waals surface area contributed by atoms with Crippen LogP contribution in [0.15, 0.2) is 48.5 Å². The maximum absolute atomic E-state index is 12.4. The Morgan fingerprint density at radius 1 is 1.12 bits per heavy atom. The lowest BCUT2D eigenvalue weighted by Gasteiger charge is -2.05. The largest absolute Gasteiger partial charge is 0.321 e. The van der Waals surface area contributed by atoms with E-state index in [1.54, 1.807) is 6.08 Å². The highest BCUT2D eigenvalue weighted by atomic mass is 35.5. The van der Waals surface area contributed by atoms with Crippen molar-refractivity contribution in [2.45, 2.75) is 6.42 Å². The Balaban J connectivity index is 1.84. The van der Waals surface area contributed by atoms with Gasteiger partial charge >= 0.3 is 0 Å². The maximum atomic E-state index is 12.4. The number of amides is 1. The van der Waals surface area contributed by atoms with E-state index < -0.39 is 0 Å². The first kappa shape index (κ1) is 16.1. The van der Waals surface area contributed by atoms with E-state index in [2.05, 4.69) is 10.3 Å². The standard InChI is InChI=1S/C20H14Cl2N2O/c21-8-7-12-5-6-18-15(9-12)16(20(25)24-18)11-14-10-13-3-1-2-4-17(13)23-19(14)22/h1-6,9-11H,7-8H2,(H,24,25). The van der Waals surface area contributed by atoms with Crippen LogP contribution in [0.4, 0.5) is 5.69 Å². The molecule has 0 radical (unpaired) electrons. The third-order valence-electron chi connectivity index (χ3n) is 4.25. The molecule has 3 aromatic rings. The van der Waals surface area contributed by atoms with Gasteiger partial charge in [0.15, 0.2) is 0 Å². The first-order chi connectivity index (χ1) is 12.2. The number of nitrogens with one attached hydrogen (secondary N) is 1. The Hall–Kier alpha value is -2.36. The fourth-order valence-corrected chi connectivity index (χ4v) is 3.43. The van der Waals surface area contributed by atoms with Crippen LogP contribution in [0.2, 0.25) is 5.15 Å². The number of pyridine rings is 1. The number of anilines is 1. The van der Waals surface area contributed by atoms with Crippen LogP contribution in [0.25, 0.3) is 22.6 Å². The van der Waals surface area contributed by atoms with Gasteiger partial charge in [-0.25, -0.2) is 4.98 Å². The van der Waals surface area contributed by atoms with Crippen LogP contribution in [0, 0.1) is 0 Å². The van der Waals surface area contributed by atoms with Gasteiger partial charge in [-0.15, -0.1) is 11.6 Å². The summed E-state index contributed by atoms with van der Waals surface area (Å²) in [6.45, 7) is 0. The summed E-state index contributed by atoms with van der Waals surface area (Å²) < 4.78 is 0. The summed E-state index contributed by atoms with van der Waals surface area (Å²) >= 11 is 12.2. The summed E-state index contributed by atoms with van der Waals surface area (Å²) in [5.41, 5.74) is 4.91. The number of alkyl halides is 1. The Morgan fingerprint density at radius 2 is 1.96 bits per heavy atom. The molecule has 25 heavy (non-hydrogen) atoms. The van der Waals surface area contributed by atoms with E-state index in [1.165, 1.54) is 0 Å². The zero-order valence-electron chi connectivity index (χ0n) is 13.2. The van der Waals surface area contributed by atoms with E-state index in [1.807, 2.05) is 48.5 Å². The highest BCUT2D eigenvalue weighted by Gasteiger charge is 2.24. The molecule has 1 aromatic heterocycles. The van der Waals surface area contributed by atoms with Crippen molar-refractivity contribution in [1.29, 1.82) is 0 Å². The monoisotopic (exact) mass is 368 g/mol. The Morgan fingerprint density at radius 3 is 2.80 bits per heavy atom. The van der Waals surface area contributed by atoms with E-state index in [-0.39, 0.29) is 5.91 Å². The summed E-state index contributed by atoms with van der Waals surface area (Å²) in [6, 6.07) is 15.6. The summed E-state index contributed by atoms with van der Waals surface area (Å²) in [5, 5.41) is 4.25. The molecule has 1 amide bonds. The normalized spacial score (nSPS) is 14.8. The summed E-state index contributed by atoms with van der Waals surface area (Å²) in [6.07, 6.45) is 2.56. The molecule has 2 aromatic carbocycles. The number of halogens is 2. The molecule has 0 atom stereocenters. The van der Waals surface area contributed by atoms with Gasteiger partial charge in [0.2, 0.25) is 0 Å². The van der Waals surface area contributed by atoms with Gasteiger partial charge in [-0.1, -0.05) is 35.9 Å². The molecule has 4 rings (SSSR count). The van der Waals surface area contributed by atoms with Gasteiger partial charge in [-0.2, -0.15) is 0 Å². The molecule has 0 bridgehead atoms. The smallest absolute Gasteiger partial charge is 0.256 e. The maximum Gasteiger partial charge on any atom is 0.256 e. The fraction of sp³-hybridized carbons (Fsp3) is 0.100. The molecule has 2 heterocycles. The summed E-state index contributed by atoms with van der Waals surface area (Å²) in [5.74, 6) is 0.404. The molecule has 0 aliphatic carbocycles. The van der Waals surface area contributed by atoms with Gasteiger partial charge in [0.25, 0.3) is 5.91 Å². The van der Waals surface area contributed by atoms with Crippen LogP contribution in [-0.4, -0.2) is 16.8 Å². The third kappa shape index (κ3) is 3.01. The Labute approximate surface area is 155 Å². The van der Waals surface area contributed by atoms with Crippen molar-refractivity contribution in [2.24, 2.45) is 0 Å². The van der Waals surface area contributed by atoms with Crippen LogP contribution >= 0.6 is 23.2 Å². The average Bonchev–Trinajstić information content (AvgIpc) is 2.91. The minimum atomic E-state index is -0.137. The zero-order valence-corrected chi connectivity index (χ0v) is 14.7. The third-order valence-corrected chi connectivity index (χ3v) is 4.75. The van der Waals surface area contributed by atoms with Crippen molar-refractivity contribution >= 4 is 57.3 Å². The van der Waals surface area contributed by atoms with E-state index in [0.29, 0.717) is 16.6 Å². The lowest BCUT2D eigenvalue weighted by Crippen LogP contribution is -2.03. The first-order valence-corrected chi connectivity index (χ1v) is 8.84. The molecule has 1 N–H and O–H groups in total. The van der Waals surface area contributed by atoms with Gasteiger partial charge < -0.3 is 5.32 Å². The molecule has 0 fully saturated rings. The highest BCUT2D eigenvalue weighted by Crippen LogP contribution is 2.35. The van der Waals surface area contributed by atoms with Gasteiger partial charge in [-0.3, -0.25) is 4.79 Å². The summed E-state index contributed by atoms with van der Waals surface area (Å²) in [7, 11) is 0. The average molecular weight is 369 g/mol. The molecule has 1 aliphatic rings. The molecular weight excluding hydrogens is 355 g/mol. The Bertz CT molecular complexity index is 1030. The van der Waals surface area contributed by atoms with E-state index in [9.17, 15) is 4.79 Å². The number of para-hydroxylation sites is 1. The van der Waals surface area contributed by atoms with Gasteiger partial charge in [0.05, 0.1) is 5.52 Å². The van der Waals surface area contributed by atoms with Crippen LogP contribution in [0.1, 0.15) is 16.7 Å². The number of aromatic nitrogens is 1. The number of benzene rings is 2. The number of nitrogens with zero attached hydrogens (tertiary/aromatic N) is 1. The molecular formula is C20H14Cl2N2O. The quantitative estimate of drug-likeness (QED) is 0.394. The number of rotatable bonds is 3. The topological polar surface area (TPSA) is 42.0 Å². The molecule has 0 saturated heterocycles. The minimum Gasteiger partial charge on any atom is -0.321 e. The molecule has 0 unspecified atom stereocenters. The molecule has 0 saturated carbocycles. The molecule has 0 spiro atoms. The van der Waals surface area contributed by atoms with Gasteiger partial charge in [-0.05, 0) is 42.3 Å². The van der Waals surface area contributed by atoms with Crippen molar-refractivity contribution in [2.75, 3.05) is 11.2 Å². The predicted octanol–water partition coefficient (Wildman–Crippen LogP) is 5.16. The van der Waals surface area contributed by atoms with E-state index in [4.69, 9.17) is 23.2 Å². The van der Waals surface area contributed by atoms with Crippen molar-refractivity contribution < 1.29 is 4.79 Å². The van der Waals surface area contributed by atoms with Crippen molar-refractivity contribution in [3.05, 3.63) is 70.4 Å². The number of hydrogen-bond donors (Lipinski definition) is 1. The predicted molar refractivity (Wildman–Crippen MR) is 104 cm³/mol. The van der Waals surface area contributed by atoms with Crippen LogP contribution in [-0.2, 0) is 11.2 Å². The zero-order chi connectivity index (χ0) is 17.4. The first-order valence-electron chi connectivity index (χ1n) is 7.93. The van der Waals surface area contributed by atoms with Crippen molar-refractivity contribution in [1.82, 2.24) is 4.98 Å². The number of carbonyl (C=O) groups excluding carboxylic acids is 1. The molecule has 124 valence electrons. The number of aryl methyl sites for hydroxylation is 1. The summed E-state index contributed by atoms with van der Waals surface area (Å²) in [4.78, 5) is 16.8. The molecule has 5 heteroatoms. The van der Waals surface area contributed by atoms with E-state index in [0.717, 1.165) is 39.7 Å². The lowest BCUT2D eigenvalue weighted by molar-refractivity contribution is -0.110. The van der Waals surface area contributed by atoms with Gasteiger partial charge in [0, 0.05) is 33.7 Å². The second kappa shape index (κ2) is 6.51. The minimum absolute atomic E-state index is 0.137. The number of hydrogen-bond acceptors (Lipinski definition) is 2. The molecule has 1 aliphatic heterocycles. The second-order valence-electron chi connectivity index (χ2n) is 5.89. The van der Waals surface area contributed by atoms with Crippen LogP contribution < -0.4 is 5.32 Å². The number of fused-ring (bicyclic) bond motifs is 2. The van der Waals surface area contributed by atoms with Crippen LogP contribution in [0.3, 0.4) is 0 Å². The van der Waals surface area contributed by atoms with E-state index >= 15 is 0 Å². The van der Waals surface area contributed by atoms with Crippen molar-refractivity contribution in [3.63, 3.8) is 0 Å². The fourth-order valence-electron chi connectivity index (χ4n) is 3.01.